The number of rotatable bonds is 4. The smallest absolute Gasteiger partial charge is 0.341 e. The molecular formula is C14H20N4O. The van der Waals surface area contributed by atoms with Crippen LogP contribution in [0, 0.1) is 13.8 Å². The molecule has 0 aliphatic carbocycles. The van der Waals surface area contributed by atoms with Crippen molar-refractivity contribution in [1.82, 2.24) is 14.4 Å². The molecule has 2 rings (SSSR count). The molecule has 2 aromatic heterocycles. The van der Waals surface area contributed by atoms with Gasteiger partial charge >= 0.3 is 5.69 Å². The Balaban J connectivity index is 2.64. The second-order valence-electron chi connectivity index (χ2n) is 4.75. The molecule has 0 amide bonds. The first-order valence-corrected chi connectivity index (χ1v) is 6.69. The lowest BCUT2D eigenvalue weighted by atomic mass is 10.2. The van der Waals surface area contributed by atoms with E-state index in [4.69, 9.17) is 0 Å². The van der Waals surface area contributed by atoms with E-state index in [-0.39, 0.29) is 5.69 Å². The maximum atomic E-state index is 12.1. The van der Waals surface area contributed by atoms with Gasteiger partial charge in [-0.3, -0.25) is 0 Å². The Bertz CT molecular complexity index is 648. The van der Waals surface area contributed by atoms with Crippen LogP contribution in [0.15, 0.2) is 16.9 Å². The Labute approximate surface area is 112 Å². The Morgan fingerprint density at radius 1 is 1.21 bits per heavy atom. The summed E-state index contributed by atoms with van der Waals surface area (Å²) < 4.78 is 1.55. The number of hydrogen-bond donors (Lipinski definition) is 0. The van der Waals surface area contributed by atoms with Crippen LogP contribution >= 0.6 is 0 Å². The molecule has 0 spiro atoms. The molecule has 2 aromatic rings. The number of anilines is 1. The first kappa shape index (κ1) is 13.5. The van der Waals surface area contributed by atoms with E-state index in [2.05, 4.69) is 16.9 Å². The lowest BCUT2D eigenvalue weighted by Crippen LogP contribution is -2.30. The normalized spacial score (nSPS) is 10.9. The molecule has 0 N–H and O–H groups in total. The highest BCUT2D eigenvalue weighted by molar-refractivity contribution is 5.47. The Kier molecular flexibility index (Phi) is 3.83. The fraction of sp³-hybridized carbons (Fsp3) is 0.500. The maximum Gasteiger partial charge on any atom is 0.356 e. The van der Waals surface area contributed by atoms with Gasteiger partial charge in [0.05, 0.1) is 0 Å². The van der Waals surface area contributed by atoms with Gasteiger partial charge in [-0.15, -0.1) is 0 Å². The summed E-state index contributed by atoms with van der Waals surface area (Å²) in [5, 5.41) is 0. The first-order valence-electron chi connectivity index (χ1n) is 6.69. The molecule has 0 unspecified atom stereocenters. The van der Waals surface area contributed by atoms with Crippen molar-refractivity contribution >= 4 is 11.6 Å². The zero-order chi connectivity index (χ0) is 14.0. The fourth-order valence-corrected chi connectivity index (χ4v) is 2.29. The molecular weight excluding hydrogens is 240 g/mol. The summed E-state index contributed by atoms with van der Waals surface area (Å²) in [4.78, 5) is 22.8. The zero-order valence-electron chi connectivity index (χ0n) is 12.0. The Morgan fingerprint density at radius 2 is 1.95 bits per heavy atom. The number of fused-ring (bicyclic) bond motifs is 1. The van der Waals surface area contributed by atoms with Crippen molar-refractivity contribution in [3.63, 3.8) is 0 Å². The summed E-state index contributed by atoms with van der Waals surface area (Å²) in [5.41, 5.74) is 2.37. The predicted octanol–water partition coefficient (Wildman–Crippen LogP) is 1.94. The molecule has 0 aliphatic heterocycles. The minimum atomic E-state index is -0.257. The third-order valence-corrected chi connectivity index (χ3v) is 3.13. The van der Waals surface area contributed by atoms with Crippen LogP contribution < -0.4 is 10.6 Å². The quantitative estimate of drug-likeness (QED) is 0.843. The van der Waals surface area contributed by atoms with E-state index in [0.717, 1.165) is 30.8 Å². The van der Waals surface area contributed by atoms with Gasteiger partial charge in [0, 0.05) is 18.8 Å². The third-order valence-electron chi connectivity index (χ3n) is 3.13. The Morgan fingerprint density at radius 3 is 2.58 bits per heavy atom. The van der Waals surface area contributed by atoms with Crippen LogP contribution in [0.5, 0.6) is 0 Å². The van der Waals surface area contributed by atoms with Crippen LogP contribution in [-0.4, -0.2) is 27.5 Å². The summed E-state index contributed by atoms with van der Waals surface area (Å²) >= 11 is 0. The summed E-state index contributed by atoms with van der Waals surface area (Å²) in [6.07, 6.45) is 1.00. The van der Waals surface area contributed by atoms with Gasteiger partial charge in [-0.2, -0.15) is 9.97 Å². The van der Waals surface area contributed by atoms with E-state index in [1.54, 1.807) is 4.40 Å². The topological polar surface area (TPSA) is 50.5 Å². The van der Waals surface area contributed by atoms with Crippen LogP contribution in [0.1, 0.15) is 31.5 Å². The van der Waals surface area contributed by atoms with Crippen LogP contribution in [-0.2, 0) is 0 Å². The van der Waals surface area contributed by atoms with E-state index in [0.29, 0.717) is 11.6 Å². The van der Waals surface area contributed by atoms with Gasteiger partial charge in [-0.1, -0.05) is 6.92 Å². The number of aromatic nitrogens is 3. The van der Waals surface area contributed by atoms with Gasteiger partial charge in [0.25, 0.3) is 0 Å². The molecule has 0 bridgehead atoms. The zero-order valence-corrected chi connectivity index (χ0v) is 12.0. The Hall–Kier alpha value is -1.91. The van der Waals surface area contributed by atoms with Gasteiger partial charge in [-0.05, 0) is 44.9 Å². The van der Waals surface area contributed by atoms with Crippen LogP contribution in [0.4, 0.5) is 5.95 Å². The van der Waals surface area contributed by atoms with E-state index in [1.165, 1.54) is 0 Å². The van der Waals surface area contributed by atoms with E-state index < -0.39 is 0 Å². The van der Waals surface area contributed by atoms with Crippen molar-refractivity contribution < 1.29 is 0 Å². The molecule has 0 atom stereocenters. The highest BCUT2D eigenvalue weighted by Crippen LogP contribution is 2.11. The van der Waals surface area contributed by atoms with Crippen LogP contribution in [0.2, 0.25) is 0 Å². The van der Waals surface area contributed by atoms with Crippen molar-refractivity contribution in [3.8, 4) is 0 Å². The second-order valence-corrected chi connectivity index (χ2v) is 4.75. The fourth-order valence-electron chi connectivity index (χ4n) is 2.29. The molecule has 5 nitrogen and oxygen atoms in total. The van der Waals surface area contributed by atoms with Gasteiger partial charge in [0.15, 0.2) is 0 Å². The molecule has 0 saturated carbocycles. The van der Waals surface area contributed by atoms with Crippen molar-refractivity contribution in [2.24, 2.45) is 0 Å². The molecule has 0 aliphatic rings. The summed E-state index contributed by atoms with van der Waals surface area (Å²) in [6.45, 7) is 9.70. The van der Waals surface area contributed by atoms with Gasteiger partial charge in [0.1, 0.15) is 5.65 Å². The summed E-state index contributed by atoms with van der Waals surface area (Å²) in [5.74, 6) is 0.527. The highest BCUT2D eigenvalue weighted by atomic mass is 16.1. The number of aryl methyl sites for hydroxylation is 2. The van der Waals surface area contributed by atoms with Crippen molar-refractivity contribution in [2.75, 3.05) is 18.0 Å². The number of pyridine rings is 1. The second kappa shape index (κ2) is 5.38. The van der Waals surface area contributed by atoms with E-state index in [9.17, 15) is 4.79 Å². The average Bonchev–Trinajstić information content (AvgIpc) is 2.34. The molecule has 0 saturated heterocycles. The number of hydrogen-bond acceptors (Lipinski definition) is 4. The molecule has 0 fully saturated rings. The van der Waals surface area contributed by atoms with Crippen LogP contribution in [0.25, 0.3) is 5.65 Å². The van der Waals surface area contributed by atoms with Crippen molar-refractivity contribution in [2.45, 2.75) is 34.1 Å². The van der Waals surface area contributed by atoms with E-state index >= 15 is 0 Å². The van der Waals surface area contributed by atoms with E-state index in [1.807, 2.05) is 37.8 Å². The highest BCUT2D eigenvalue weighted by Gasteiger charge is 2.11. The first-order chi connectivity index (χ1) is 9.06. The average molecular weight is 260 g/mol. The standard InChI is InChI=1S/C14H20N4O/c1-5-7-17(6-2)13-15-12-9-10(3)8-11(4)18(12)14(19)16-13/h8-9H,5-7H2,1-4H3. The molecule has 5 heteroatoms. The third kappa shape index (κ3) is 2.59. The van der Waals surface area contributed by atoms with Gasteiger partial charge in [0.2, 0.25) is 5.95 Å². The monoisotopic (exact) mass is 260 g/mol. The van der Waals surface area contributed by atoms with Gasteiger partial charge < -0.3 is 4.90 Å². The number of nitrogens with zero attached hydrogens (tertiary/aromatic N) is 4. The SMILES string of the molecule is CCCN(CC)c1nc(=O)n2c(C)cc(C)cc2n1. The molecule has 2 heterocycles. The molecule has 102 valence electrons. The molecule has 0 aromatic carbocycles. The van der Waals surface area contributed by atoms with Gasteiger partial charge in [-0.25, -0.2) is 9.20 Å². The van der Waals surface area contributed by atoms with Crippen molar-refractivity contribution in [1.29, 1.82) is 0 Å². The summed E-state index contributed by atoms with van der Waals surface area (Å²) in [7, 11) is 0. The predicted molar refractivity (Wildman–Crippen MR) is 76.9 cm³/mol. The lowest BCUT2D eigenvalue weighted by molar-refractivity contribution is 0.749. The maximum absolute atomic E-state index is 12.1. The minimum Gasteiger partial charge on any atom is -0.341 e. The lowest BCUT2D eigenvalue weighted by Gasteiger charge is -2.20. The summed E-state index contributed by atoms with van der Waals surface area (Å²) in [6, 6.07) is 3.88. The molecule has 0 radical (unpaired) electrons. The van der Waals surface area contributed by atoms with Crippen molar-refractivity contribution in [3.05, 3.63) is 33.9 Å². The van der Waals surface area contributed by atoms with Crippen LogP contribution in [0.3, 0.4) is 0 Å². The molecule has 19 heavy (non-hydrogen) atoms. The largest absolute Gasteiger partial charge is 0.356 e. The minimum absolute atomic E-state index is 0.257.